The first kappa shape index (κ1) is 20.6. The first-order chi connectivity index (χ1) is 15.0. The van der Waals surface area contributed by atoms with E-state index in [1.54, 1.807) is 29.5 Å². The van der Waals surface area contributed by atoms with Gasteiger partial charge in [-0.05, 0) is 42.5 Å². The maximum Gasteiger partial charge on any atom is 0.250 e. The summed E-state index contributed by atoms with van der Waals surface area (Å²) in [6.45, 7) is 0.803. The van der Waals surface area contributed by atoms with Crippen LogP contribution in [0.15, 0.2) is 71.8 Å². The summed E-state index contributed by atoms with van der Waals surface area (Å²) in [5, 5.41) is 4.53. The minimum absolute atomic E-state index is 0.0484. The largest absolute Gasteiger partial charge is 0.487 e. The van der Waals surface area contributed by atoms with Gasteiger partial charge in [0.25, 0.3) is 0 Å². The van der Waals surface area contributed by atoms with Crippen molar-refractivity contribution in [1.82, 2.24) is 19.3 Å². The van der Waals surface area contributed by atoms with Crippen LogP contribution in [-0.4, -0.2) is 26.4 Å². The van der Waals surface area contributed by atoms with Crippen molar-refractivity contribution < 1.29 is 9.47 Å². The Bertz CT molecular complexity index is 1240. The molecule has 0 aliphatic heterocycles. The number of hydrogen-bond acceptors (Lipinski definition) is 5. The summed E-state index contributed by atoms with van der Waals surface area (Å²) in [5.74, 6) is 0.744. The third-order valence-electron chi connectivity index (χ3n) is 4.93. The van der Waals surface area contributed by atoms with Crippen LogP contribution in [0.5, 0.6) is 5.75 Å². The molecule has 0 fully saturated rings. The standard InChI is InChI=1S/C24H24N4O3/c1-27-13-18(9-12-24(27)29)21-14-28(2)26-23(21)16-31-20-10-7-17(8-11-20)22-6-4-5-19(25-22)15-30-3/h4-14H,15-16H2,1-3H3. The highest BCUT2D eigenvalue weighted by Crippen LogP contribution is 2.25. The third kappa shape index (κ3) is 4.73. The van der Waals surface area contributed by atoms with Crippen LogP contribution in [0.1, 0.15) is 11.4 Å². The molecule has 4 rings (SSSR count). The van der Waals surface area contributed by atoms with E-state index in [-0.39, 0.29) is 5.56 Å². The molecule has 7 heteroatoms. The second kappa shape index (κ2) is 8.97. The van der Waals surface area contributed by atoms with Crippen LogP contribution in [0.2, 0.25) is 0 Å². The Labute approximate surface area is 180 Å². The molecule has 0 N–H and O–H groups in total. The van der Waals surface area contributed by atoms with Crippen molar-refractivity contribution in [3.05, 3.63) is 88.7 Å². The van der Waals surface area contributed by atoms with Crippen molar-refractivity contribution in [2.24, 2.45) is 14.1 Å². The zero-order chi connectivity index (χ0) is 21.8. The summed E-state index contributed by atoms with van der Waals surface area (Å²) < 4.78 is 14.5. The molecular formula is C24H24N4O3. The zero-order valence-electron chi connectivity index (χ0n) is 17.8. The second-order valence-electron chi connectivity index (χ2n) is 7.29. The number of hydrogen-bond donors (Lipinski definition) is 0. The molecule has 0 atom stereocenters. The van der Waals surface area contributed by atoms with Crippen molar-refractivity contribution in [2.75, 3.05) is 7.11 Å². The zero-order valence-corrected chi connectivity index (χ0v) is 17.8. The fourth-order valence-electron chi connectivity index (χ4n) is 3.38. The van der Waals surface area contributed by atoms with E-state index in [0.29, 0.717) is 13.2 Å². The fraction of sp³-hybridized carbons (Fsp3) is 0.208. The first-order valence-corrected chi connectivity index (χ1v) is 9.91. The molecule has 0 unspecified atom stereocenters. The predicted molar refractivity (Wildman–Crippen MR) is 119 cm³/mol. The summed E-state index contributed by atoms with van der Waals surface area (Å²) in [5.41, 5.74) is 5.41. The van der Waals surface area contributed by atoms with Gasteiger partial charge in [-0.3, -0.25) is 14.5 Å². The summed E-state index contributed by atoms with van der Waals surface area (Å²) in [4.78, 5) is 16.3. The molecule has 7 nitrogen and oxygen atoms in total. The quantitative estimate of drug-likeness (QED) is 0.461. The van der Waals surface area contributed by atoms with Crippen LogP contribution in [-0.2, 0) is 32.0 Å². The molecule has 0 aliphatic rings. The van der Waals surface area contributed by atoms with Gasteiger partial charge in [-0.1, -0.05) is 6.07 Å². The van der Waals surface area contributed by atoms with Crippen LogP contribution in [0.25, 0.3) is 22.4 Å². The lowest BCUT2D eigenvalue weighted by Gasteiger charge is -2.08. The normalized spacial score (nSPS) is 10.9. The highest BCUT2D eigenvalue weighted by atomic mass is 16.5. The number of methoxy groups -OCH3 is 1. The van der Waals surface area contributed by atoms with Crippen molar-refractivity contribution in [3.8, 4) is 28.1 Å². The molecule has 0 aliphatic carbocycles. The molecule has 0 saturated carbocycles. The Balaban J connectivity index is 1.50. The van der Waals surface area contributed by atoms with Gasteiger partial charge in [0.1, 0.15) is 18.1 Å². The Hall–Kier alpha value is -3.71. The molecule has 0 amide bonds. The number of aromatic nitrogens is 4. The molecule has 0 saturated heterocycles. The van der Waals surface area contributed by atoms with Crippen LogP contribution in [0.4, 0.5) is 0 Å². The summed E-state index contributed by atoms with van der Waals surface area (Å²) >= 11 is 0. The molecule has 4 aromatic rings. The predicted octanol–water partition coefficient (Wildman–Crippen LogP) is 3.57. The smallest absolute Gasteiger partial charge is 0.250 e. The number of aryl methyl sites for hydroxylation is 2. The maximum absolute atomic E-state index is 11.7. The molecule has 158 valence electrons. The van der Waals surface area contributed by atoms with Gasteiger partial charge >= 0.3 is 0 Å². The maximum atomic E-state index is 11.7. The second-order valence-corrected chi connectivity index (χ2v) is 7.29. The Morgan fingerprint density at radius 1 is 0.903 bits per heavy atom. The van der Waals surface area contributed by atoms with Gasteiger partial charge in [-0.2, -0.15) is 5.10 Å². The van der Waals surface area contributed by atoms with E-state index in [9.17, 15) is 4.79 Å². The van der Waals surface area contributed by atoms with Crippen LogP contribution in [0.3, 0.4) is 0 Å². The van der Waals surface area contributed by atoms with Crippen LogP contribution in [0, 0.1) is 0 Å². The van der Waals surface area contributed by atoms with E-state index >= 15 is 0 Å². The molecular weight excluding hydrogens is 392 g/mol. The van der Waals surface area contributed by atoms with E-state index in [4.69, 9.17) is 9.47 Å². The van der Waals surface area contributed by atoms with Crippen molar-refractivity contribution >= 4 is 0 Å². The average molecular weight is 416 g/mol. The molecule has 0 spiro atoms. The summed E-state index contributed by atoms with van der Waals surface area (Å²) in [6.07, 6.45) is 3.74. The van der Waals surface area contributed by atoms with Crippen molar-refractivity contribution in [3.63, 3.8) is 0 Å². The summed E-state index contributed by atoms with van der Waals surface area (Å²) in [7, 11) is 5.26. The fourth-order valence-corrected chi connectivity index (χ4v) is 3.38. The minimum atomic E-state index is -0.0484. The first-order valence-electron chi connectivity index (χ1n) is 9.91. The lowest BCUT2D eigenvalue weighted by atomic mass is 10.1. The van der Waals surface area contributed by atoms with E-state index < -0.39 is 0 Å². The van der Waals surface area contributed by atoms with Gasteiger partial charge in [0.05, 0.1) is 18.0 Å². The number of pyridine rings is 2. The van der Waals surface area contributed by atoms with Gasteiger partial charge in [0.15, 0.2) is 0 Å². The van der Waals surface area contributed by atoms with Crippen LogP contribution >= 0.6 is 0 Å². The third-order valence-corrected chi connectivity index (χ3v) is 4.93. The Kier molecular flexibility index (Phi) is 5.95. The molecule has 3 heterocycles. The SMILES string of the molecule is COCc1cccc(-c2ccc(OCc3nn(C)cc3-c3ccc(=O)n(C)c3)cc2)n1. The summed E-state index contributed by atoms with van der Waals surface area (Å²) in [6, 6.07) is 17.1. The Morgan fingerprint density at radius 3 is 2.42 bits per heavy atom. The topological polar surface area (TPSA) is 71.2 Å². The lowest BCUT2D eigenvalue weighted by molar-refractivity contribution is 0.181. The molecule has 0 bridgehead atoms. The monoisotopic (exact) mass is 416 g/mol. The van der Waals surface area contributed by atoms with Gasteiger partial charge < -0.3 is 14.0 Å². The number of rotatable bonds is 7. The minimum Gasteiger partial charge on any atom is -0.487 e. The molecule has 0 radical (unpaired) electrons. The Morgan fingerprint density at radius 2 is 1.68 bits per heavy atom. The van der Waals surface area contributed by atoms with E-state index in [1.165, 1.54) is 0 Å². The molecule has 31 heavy (non-hydrogen) atoms. The molecule has 1 aromatic carbocycles. The van der Waals surface area contributed by atoms with E-state index in [1.807, 2.05) is 68.0 Å². The number of benzene rings is 1. The van der Waals surface area contributed by atoms with Crippen molar-refractivity contribution in [2.45, 2.75) is 13.2 Å². The van der Waals surface area contributed by atoms with Gasteiger partial charge in [0.2, 0.25) is 5.56 Å². The average Bonchev–Trinajstić information content (AvgIpc) is 3.15. The van der Waals surface area contributed by atoms with E-state index in [0.717, 1.165) is 39.5 Å². The van der Waals surface area contributed by atoms with Gasteiger partial charge in [-0.15, -0.1) is 0 Å². The van der Waals surface area contributed by atoms with Gasteiger partial charge in [-0.25, -0.2) is 0 Å². The number of ether oxygens (including phenoxy) is 2. The highest BCUT2D eigenvalue weighted by molar-refractivity contribution is 5.64. The van der Waals surface area contributed by atoms with Crippen LogP contribution < -0.4 is 10.3 Å². The van der Waals surface area contributed by atoms with Gasteiger partial charge in [0, 0.05) is 56.4 Å². The lowest BCUT2D eigenvalue weighted by Crippen LogP contribution is -2.14. The van der Waals surface area contributed by atoms with E-state index in [2.05, 4.69) is 10.1 Å². The number of nitrogens with zero attached hydrogens (tertiary/aromatic N) is 4. The van der Waals surface area contributed by atoms with Crippen molar-refractivity contribution in [1.29, 1.82) is 0 Å². The molecule has 3 aromatic heterocycles. The highest BCUT2D eigenvalue weighted by Gasteiger charge is 2.12.